The molecule has 1 aromatic rings. The van der Waals surface area contributed by atoms with Gasteiger partial charge in [-0.1, -0.05) is 25.0 Å². The van der Waals surface area contributed by atoms with Crippen LogP contribution in [0.3, 0.4) is 0 Å². The SMILES string of the molecule is O=C1CC2(CCCC2)C(=O)N1Cc1cccc(C(F)(F)F)c1. The summed E-state index contributed by atoms with van der Waals surface area (Å²) in [5, 5.41) is 0. The van der Waals surface area contributed by atoms with Crippen LogP contribution in [0.2, 0.25) is 0 Å². The van der Waals surface area contributed by atoms with E-state index in [2.05, 4.69) is 0 Å². The fourth-order valence-electron chi connectivity index (χ4n) is 3.49. The molecule has 0 unspecified atom stereocenters. The molecule has 0 radical (unpaired) electrons. The van der Waals surface area contributed by atoms with E-state index in [1.54, 1.807) is 0 Å². The molecule has 2 aliphatic rings. The van der Waals surface area contributed by atoms with E-state index in [1.807, 2.05) is 0 Å². The quantitative estimate of drug-likeness (QED) is 0.784. The summed E-state index contributed by atoms with van der Waals surface area (Å²) in [6, 6.07) is 4.79. The number of hydrogen-bond donors (Lipinski definition) is 0. The topological polar surface area (TPSA) is 37.4 Å². The summed E-state index contributed by atoms with van der Waals surface area (Å²) in [7, 11) is 0. The number of rotatable bonds is 2. The zero-order chi connectivity index (χ0) is 16.0. The minimum absolute atomic E-state index is 0.0800. The standard InChI is InChI=1S/C16H16F3NO2/c17-16(18,19)12-5-3-4-11(8-12)10-20-13(21)9-15(14(20)22)6-1-2-7-15/h3-5,8H,1-2,6-7,9-10H2. The summed E-state index contributed by atoms with van der Waals surface area (Å²) in [5.74, 6) is -0.489. The third-order valence-electron chi connectivity index (χ3n) is 4.65. The van der Waals surface area contributed by atoms with Crippen LogP contribution in [0.4, 0.5) is 13.2 Å². The van der Waals surface area contributed by atoms with Gasteiger partial charge in [0, 0.05) is 6.42 Å². The first-order valence-electron chi connectivity index (χ1n) is 7.33. The number of alkyl halides is 3. The largest absolute Gasteiger partial charge is 0.416 e. The van der Waals surface area contributed by atoms with Gasteiger partial charge in [0.1, 0.15) is 0 Å². The Hall–Kier alpha value is -1.85. The van der Waals surface area contributed by atoms with Gasteiger partial charge in [-0.05, 0) is 30.5 Å². The second-order valence-electron chi connectivity index (χ2n) is 6.15. The van der Waals surface area contributed by atoms with Crippen molar-refractivity contribution in [1.82, 2.24) is 4.90 Å². The van der Waals surface area contributed by atoms with Crippen LogP contribution in [-0.4, -0.2) is 16.7 Å². The molecule has 0 N–H and O–H groups in total. The van der Waals surface area contributed by atoms with Crippen molar-refractivity contribution >= 4 is 11.8 Å². The Morgan fingerprint density at radius 2 is 1.82 bits per heavy atom. The molecular formula is C16H16F3NO2. The molecule has 6 heteroatoms. The number of nitrogens with zero attached hydrogens (tertiary/aromatic N) is 1. The lowest BCUT2D eigenvalue weighted by Gasteiger charge is -2.21. The van der Waals surface area contributed by atoms with Crippen LogP contribution in [0.5, 0.6) is 0 Å². The van der Waals surface area contributed by atoms with E-state index in [0.29, 0.717) is 18.4 Å². The molecule has 0 bridgehead atoms. The first-order chi connectivity index (χ1) is 10.3. The summed E-state index contributed by atoms with van der Waals surface area (Å²) in [5.41, 5.74) is -1.02. The maximum absolute atomic E-state index is 12.7. The summed E-state index contributed by atoms with van der Waals surface area (Å²) < 4.78 is 38.2. The molecule has 0 atom stereocenters. The van der Waals surface area contributed by atoms with Crippen molar-refractivity contribution in [3.63, 3.8) is 0 Å². The summed E-state index contributed by atoms with van der Waals surface area (Å²) in [4.78, 5) is 25.7. The number of likely N-dealkylation sites (tertiary alicyclic amines) is 1. The highest BCUT2D eigenvalue weighted by Gasteiger charge is 2.52. The third kappa shape index (κ3) is 2.51. The van der Waals surface area contributed by atoms with Crippen LogP contribution in [0, 0.1) is 5.41 Å². The monoisotopic (exact) mass is 311 g/mol. The lowest BCUT2D eigenvalue weighted by atomic mass is 9.84. The number of imide groups is 1. The van der Waals surface area contributed by atoms with Gasteiger partial charge in [-0.15, -0.1) is 0 Å². The van der Waals surface area contributed by atoms with Gasteiger partial charge in [0.25, 0.3) is 0 Å². The van der Waals surface area contributed by atoms with Crippen molar-refractivity contribution in [3.8, 4) is 0 Å². The van der Waals surface area contributed by atoms with E-state index in [0.717, 1.165) is 29.9 Å². The van der Waals surface area contributed by atoms with Crippen molar-refractivity contribution in [3.05, 3.63) is 35.4 Å². The van der Waals surface area contributed by atoms with Gasteiger partial charge in [0.2, 0.25) is 11.8 Å². The number of carbonyl (C=O) groups is 2. The molecule has 3 rings (SSSR count). The summed E-state index contributed by atoms with van der Waals surface area (Å²) in [6.45, 7) is -0.0800. The van der Waals surface area contributed by atoms with Crippen LogP contribution < -0.4 is 0 Å². The normalized spacial score (nSPS) is 21.1. The molecule has 1 aliphatic carbocycles. The van der Waals surface area contributed by atoms with E-state index in [4.69, 9.17) is 0 Å². The Kier molecular flexibility index (Phi) is 3.50. The Morgan fingerprint density at radius 3 is 2.45 bits per heavy atom. The van der Waals surface area contributed by atoms with Crippen molar-refractivity contribution in [2.75, 3.05) is 0 Å². The highest BCUT2D eigenvalue weighted by molar-refractivity contribution is 6.05. The Morgan fingerprint density at radius 1 is 1.14 bits per heavy atom. The first kappa shape index (κ1) is 15.1. The number of carbonyl (C=O) groups excluding carboxylic acids is 2. The zero-order valence-corrected chi connectivity index (χ0v) is 11.9. The summed E-state index contributed by atoms with van der Waals surface area (Å²) in [6.07, 6.45) is -0.966. The van der Waals surface area contributed by atoms with Crippen molar-refractivity contribution in [1.29, 1.82) is 0 Å². The fourth-order valence-corrected chi connectivity index (χ4v) is 3.49. The predicted molar refractivity (Wildman–Crippen MR) is 72.5 cm³/mol. The molecule has 1 heterocycles. The molecule has 1 saturated heterocycles. The number of benzene rings is 1. The second kappa shape index (κ2) is 5.11. The van der Waals surface area contributed by atoms with Crippen LogP contribution in [0.1, 0.15) is 43.2 Å². The van der Waals surface area contributed by atoms with Crippen molar-refractivity contribution in [2.45, 2.75) is 44.8 Å². The average Bonchev–Trinajstić information content (AvgIpc) is 3.00. The third-order valence-corrected chi connectivity index (χ3v) is 4.65. The van der Waals surface area contributed by atoms with Gasteiger partial charge in [0.05, 0.1) is 17.5 Å². The van der Waals surface area contributed by atoms with Gasteiger partial charge < -0.3 is 0 Å². The van der Waals surface area contributed by atoms with Crippen LogP contribution in [-0.2, 0) is 22.3 Å². The summed E-state index contributed by atoms with van der Waals surface area (Å²) >= 11 is 0. The molecule has 118 valence electrons. The molecule has 0 aromatic heterocycles. The first-order valence-corrected chi connectivity index (χ1v) is 7.33. The zero-order valence-electron chi connectivity index (χ0n) is 11.9. The van der Waals surface area contributed by atoms with Gasteiger partial charge in [-0.25, -0.2) is 0 Å². The average molecular weight is 311 g/mol. The van der Waals surface area contributed by atoms with Gasteiger partial charge >= 0.3 is 6.18 Å². The molecule has 22 heavy (non-hydrogen) atoms. The Labute approximate surface area is 126 Å². The number of amides is 2. The lowest BCUT2D eigenvalue weighted by Crippen LogP contribution is -2.34. The molecular weight excluding hydrogens is 295 g/mol. The second-order valence-corrected chi connectivity index (χ2v) is 6.15. The van der Waals surface area contributed by atoms with Gasteiger partial charge in [-0.3, -0.25) is 14.5 Å². The van der Waals surface area contributed by atoms with E-state index in [9.17, 15) is 22.8 Å². The smallest absolute Gasteiger partial charge is 0.278 e. The lowest BCUT2D eigenvalue weighted by molar-refractivity contribution is -0.142. The number of halogens is 3. The Bertz CT molecular complexity index is 618. The molecule has 2 amide bonds. The predicted octanol–water partition coefficient (Wildman–Crippen LogP) is 3.52. The van der Waals surface area contributed by atoms with E-state index < -0.39 is 17.2 Å². The van der Waals surface area contributed by atoms with Gasteiger partial charge in [0.15, 0.2) is 0 Å². The van der Waals surface area contributed by atoms with E-state index >= 15 is 0 Å². The highest BCUT2D eigenvalue weighted by Crippen LogP contribution is 2.47. The minimum atomic E-state index is -4.43. The van der Waals surface area contributed by atoms with Crippen molar-refractivity contribution < 1.29 is 22.8 Å². The molecule has 1 spiro atoms. The minimum Gasteiger partial charge on any atom is -0.278 e. The highest BCUT2D eigenvalue weighted by atomic mass is 19.4. The fraction of sp³-hybridized carbons (Fsp3) is 0.500. The van der Waals surface area contributed by atoms with Gasteiger partial charge in [-0.2, -0.15) is 13.2 Å². The van der Waals surface area contributed by atoms with Crippen molar-refractivity contribution in [2.24, 2.45) is 5.41 Å². The molecule has 3 nitrogen and oxygen atoms in total. The Balaban J connectivity index is 1.82. The molecule has 2 fully saturated rings. The molecule has 1 aliphatic heterocycles. The maximum Gasteiger partial charge on any atom is 0.416 e. The van der Waals surface area contributed by atoms with Crippen LogP contribution >= 0.6 is 0 Å². The maximum atomic E-state index is 12.7. The van der Waals surface area contributed by atoms with Crippen LogP contribution in [0.15, 0.2) is 24.3 Å². The van der Waals surface area contributed by atoms with Crippen LogP contribution in [0.25, 0.3) is 0 Å². The molecule has 1 aromatic carbocycles. The van der Waals surface area contributed by atoms with E-state index in [1.165, 1.54) is 12.1 Å². The number of hydrogen-bond acceptors (Lipinski definition) is 2. The molecule has 1 saturated carbocycles. The van der Waals surface area contributed by atoms with E-state index in [-0.39, 0.29) is 24.8 Å².